The molecule has 0 saturated heterocycles. The minimum absolute atomic E-state index is 0.0473. The Kier molecular flexibility index (Phi) is 2.83. The van der Waals surface area contributed by atoms with Crippen LogP contribution in [0.5, 0.6) is 0 Å². The van der Waals surface area contributed by atoms with Crippen molar-refractivity contribution in [3.63, 3.8) is 0 Å². The normalized spacial score (nSPS) is 10.5. The van der Waals surface area contributed by atoms with Crippen molar-refractivity contribution in [2.75, 3.05) is 0 Å². The van der Waals surface area contributed by atoms with Gasteiger partial charge in [-0.1, -0.05) is 31.2 Å². The number of hydrogen-bond donors (Lipinski definition) is 2. The fraction of sp³-hybridized carbons (Fsp3) is 0.250. The molecule has 3 heteroatoms. The van der Waals surface area contributed by atoms with Crippen molar-refractivity contribution in [1.29, 1.82) is 0 Å². The zero-order valence-corrected chi connectivity index (χ0v) is 8.70. The molecule has 0 radical (unpaired) electrons. The molecule has 0 bridgehead atoms. The Bertz CT molecular complexity index is 448. The van der Waals surface area contributed by atoms with Gasteiger partial charge in [-0.3, -0.25) is 0 Å². The third-order valence-electron chi connectivity index (χ3n) is 2.47. The second-order valence-corrected chi connectivity index (χ2v) is 3.41. The number of nitrogens with zero attached hydrogens (tertiary/aromatic N) is 1. The van der Waals surface area contributed by atoms with Crippen molar-refractivity contribution in [3.8, 4) is 11.3 Å². The van der Waals surface area contributed by atoms with Gasteiger partial charge < -0.3 is 10.1 Å². The topological polar surface area (TPSA) is 48.9 Å². The molecular weight excluding hydrogens is 188 g/mol. The van der Waals surface area contributed by atoms with Crippen LogP contribution in [0.1, 0.15) is 18.3 Å². The van der Waals surface area contributed by atoms with E-state index in [1.54, 1.807) is 6.20 Å². The number of aromatic amines is 1. The quantitative estimate of drug-likeness (QED) is 0.801. The van der Waals surface area contributed by atoms with Crippen molar-refractivity contribution in [3.05, 3.63) is 41.9 Å². The van der Waals surface area contributed by atoms with E-state index in [0.29, 0.717) is 5.82 Å². The van der Waals surface area contributed by atoms with Crippen molar-refractivity contribution in [2.45, 2.75) is 20.0 Å². The number of aryl methyl sites for hydroxylation is 1. The van der Waals surface area contributed by atoms with Crippen molar-refractivity contribution >= 4 is 0 Å². The number of benzene rings is 1. The summed E-state index contributed by atoms with van der Waals surface area (Å²) >= 11 is 0. The molecule has 0 aliphatic heterocycles. The second kappa shape index (κ2) is 4.28. The van der Waals surface area contributed by atoms with Gasteiger partial charge in [0.15, 0.2) is 0 Å². The molecule has 0 saturated carbocycles. The summed E-state index contributed by atoms with van der Waals surface area (Å²) in [4.78, 5) is 7.17. The zero-order chi connectivity index (χ0) is 10.7. The molecule has 15 heavy (non-hydrogen) atoms. The zero-order valence-electron chi connectivity index (χ0n) is 8.70. The Hall–Kier alpha value is -1.61. The highest BCUT2D eigenvalue weighted by Gasteiger charge is 2.05. The van der Waals surface area contributed by atoms with Crippen LogP contribution in [0.2, 0.25) is 0 Å². The van der Waals surface area contributed by atoms with E-state index in [1.165, 1.54) is 5.56 Å². The highest BCUT2D eigenvalue weighted by molar-refractivity contribution is 5.63. The first kappa shape index (κ1) is 9.93. The molecule has 2 N–H and O–H groups in total. The minimum Gasteiger partial charge on any atom is -0.388 e. The predicted octanol–water partition coefficient (Wildman–Crippen LogP) is 2.13. The van der Waals surface area contributed by atoms with Gasteiger partial charge in [0.25, 0.3) is 0 Å². The first-order valence-corrected chi connectivity index (χ1v) is 5.08. The molecule has 1 aromatic heterocycles. The van der Waals surface area contributed by atoms with Crippen LogP contribution < -0.4 is 0 Å². The number of H-pyrrole nitrogens is 1. The molecule has 0 aliphatic rings. The SMILES string of the molecule is CCc1ccccc1-c1cnc(CO)[nH]1. The van der Waals surface area contributed by atoms with E-state index >= 15 is 0 Å². The first-order chi connectivity index (χ1) is 7.35. The van der Waals surface area contributed by atoms with Crippen LogP contribution >= 0.6 is 0 Å². The van der Waals surface area contributed by atoms with E-state index in [2.05, 4.69) is 29.0 Å². The number of aliphatic hydroxyl groups excluding tert-OH is 1. The lowest BCUT2D eigenvalue weighted by atomic mass is 10.0. The molecule has 2 rings (SSSR count). The molecule has 0 aliphatic carbocycles. The third kappa shape index (κ3) is 1.92. The number of rotatable bonds is 3. The predicted molar refractivity (Wildman–Crippen MR) is 59.3 cm³/mol. The maximum Gasteiger partial charge on any atom is 0.132 e. The molecule has 0 amide bonds. The van der Waals surface area contributed by atoms with Crippen LogP contribution in [-0.2, 0) is 13.0 Å². The van der Waals surface area contributed by atoms with Gasteiger partial charge in [-0.2, -0.15) is 0 Å². The summed E-state index contributed by atoms with van der Waals surface area (Å²) in [5, 5.41) is 8.93. The van der Waals surface area contributed by atoms with Crippen molar-refractivity contribution in [2.24, 2.45) is 0 Å². The third-order valence-corrected chi connectivity index (χ3v) is 2.47. The van der Waals surface area contributed by atoms with Gasteiger partial charge in [0.2, 0.25) is 0 Å². The van der Waals surface area contributed by atoms with Crippen LogP contribution in [0.3, 0.4) is 0 Å². The first-order valence-electron chi connectivity index (χ1n) is 5.08. The van der Waals surface area contributed by atoms with Gasteiger partial charge in [-0.05, 0) is 12.0 Å². The number of hydrogen-bond acceptors (Lipinski definition) is 2. The summed E-state index contributed by atoms with van der Waals surface area (Å²) in [5.74, 6) is 0.607. The number of nitrogens with one attached hydrogen (secondary N) is 1. The highest BCUT2D eigenvalue weighted by atomic mass is 16.3. The van der Waals surface area contributed by atoms with E-state index in [-0.39, 0.29) is 6.61 Å². The lowest BCUT2D eigenvalue weighted by Crippen LogP contribution is -1.88. The van der Waals surface area contributed by atoms with E-state index in [9.17, 15) is 0 Å². The van der Waals surface area contributed by atoms with E-state index < -0.39 is 0 Å². The standard InChI is InChI=1S/C12H14N2O/c1-2-9-5-3-4-6-10(9)11-7-13-12(8-15)14-11/h3-7,15H,2,8H2,1H3,(H,13,14). The Balaban J connectivity index is 2.44. The Morgan fingerprint density at radius 2 is 2.13 bits per heavy atom. The van der Waals surface area contributed by atoms with Gasteiger partial charge in [-0.15, -0.1) is 0 Å². The van der Waals surface area contributed by atoms with Crippen molar-refractivity contribution < 1.29 is 5.11 Å². The summed E-state index contributed by atoms with van der Waals surface area (Å²) in [6.07, 6.45) is 2.75. The molecular formula is C12H14N2O. The van der Waals surface area contributed by atoms with Gasteiger partial charge in [0, 0.05) is 5.56 Å². The second-order valence-electron chi connectivity index (χ2n) is 3.41. The van der Waals surface area contributed by atoms with E-state index in [0.717, 1.165) is 17.7 Å². The summed E-state index contributed by atoms with van der Waals surface area (Å²) in [6, 6.07) is 8.21. The maximum absolute atomic E-state index is 8.93. The van der Waals surface area contributed by atoms with Gasteiger partial charge >= 0.3 is 0 Å². The fourth-order valence-corrected chi connectivity index (χ4v) is 1.67. The average Bonchev–Trinajstić information content (AvgIpc) is 2.77. The van der Waals surface area contributed by atoms with E-state index in [1.807, 2.05) is 12.1 Å². The molecule has 78 valence electrons. The largest absolute Gasteiger partial charge is 0.388 e. The summed E-state index contributed by atoms with van der Waals surface area (Å²) in [5.41, 5.74) is 3.41. The molecule has 1 aromatic carbocycles. The number of aromatic nitrogens is 2. The van der Waals surface area contributed by atoms with Crippen LogP contribution in [0, 0.1) is 0 Å². The fourth-order valence-electron chi connectivity index (χ4n) is 1.67. The van der Waals surface area contributed by atoms with Crippen LogP contribution in [0.15, 0.2) is 30.5 Å². The molecule has 0 spiro atoms. The number of imidazole rings is 1. The number of aliphatic hydroxyl groups is 1. The van der Waals surface area contributed by atoms with Crippen LogP contribution in [0.25, 0.3) is 11.3 Å². The van der Waals surface area contributed by atoms with Crippen LogP contribution in [-0.4, -0.2) is 15.1 Å². The highest BCUT2D eigenvalue weighted by Crippen LogP contribution is 2.22. The Labute approximate surface area is 88.8 Å². The minimum atomic E-state index is -0.0473. The average molecular weight is 202 g/mol. The molecule has 3 nitrogen and oxygen atoms in total. The summed E-state index contributed by atoms with van der Waals surface area (Å²) < 4.78 is 0. The lowest BCUT2D eigenvalue weighted by Gasteiger charge is -2.04. The summed E-state index contributed by atoms with van der Waals surface area (Å²) in [6.45, 7) is 2.08. The molecule has 0 atom stereocenters. The molecule has 1 heterocycles. The van der Waals surface area contributed by atoms with Gasteiger partial charge in [0.1, 0.15) is 12.4 Å². The monoisotopic (exact) mass is 202 g/mol. The Morgan fingerprint density at radius 3 is 2.80 bits per heavy atom. The maximum atomic E-state index is 8.93. The lowest BCUT2D eigenvalue weighted by molar-refractivity contribution is 0.272. The van der Waals surface area contributed by atoms with Gasteiger partial charge in [-0.25, -0.2) is 4.98 Å². The van der Waals surface area contributed by atoms with Crippen molar-refractivity contribution in [1.82, 2.24) is 9.97 Å². The molecule has 0 unspecified atom stereocenters. The Morgan fingerprint density at radius 1 is 1.33 bits per heavy atom. The van der Waals surface area contributed by atoms with Gasteiger partial charge in [0.05, 0.1) is 11.9 Å². The molecule has 0 fully saturated rings. The van der Waals surface area contributed by atoms with E-state index in [4.69, 9.17) is 5.11 Å². The van der Waals surface area contributed by atoms with Crippen LogP contribution in [0.4, 0.5) is 0 Å². The summed E-state index contributed by atoms with van der Waals surface area (Å²) in [7, 11) is 0. The molecule has 2 aromatic rings. The smallest absolute Gasteiger partial charge is 0.132 e.